The van der Waals surface area contributed by atoms with Crippen LogP contribution < -0.4 is 15.4 Å². The molecule has 1 heterocycles. The van der Waals surface area contributed by atoms with E-state index in [9.17, 15) is 4.79 Å². The highest BCUT2D eigenvalue weighted by atomic mass is 16.5. The Hall–Kier alpha value is -1.91. The minimum atomic E-state index is 0.140. The van der Waals surface area contributed by atoms with Gasteiger partial charge in [0.05, 0.1) is 12.8 Å². The number of anilines is 2. The first kappa shape index (κ1) is 14.5. The van der Waals surface area contributed by atoms with E-state index in [0.717, 1.165) is 37.4 Å². The van der Waals surface area contributed by atoms with Crippen molar-refractivity contribution in [1.82, 2.24) is 4.90 Å². The first-order chi connectivity index (χ1) is 9.52. The van der Waals surface area contributed by atoms with Crippen LogP contribution in [0.3, 0.4) is 0 Å². The van der Waals surface area contributed by atoms with E-state index in [0.29, 0.717) is 5.69 Å². The van der Waals surface area contributed by atoms with Gasteiger partial charge in [-0.1, -0.05) is 0 Å². The fraction of sp³-hybridized carbons (Fsp3) is 0.533. The Morgan fingerprint density at radius 2 is 2.00 bits per heavy atom. The molecule has 1 aromatic carbocycles. The second-order valence-electron chi connectivity index (χ2n) is 5.43. The van der Waals surface area contributed by atoms with Crippen LogP contribution in [0, 0.1) is 5.92 Å². The summed E-state index contributed by atoms with van der Waals surface area (Å²) in [4.78, 5) is 15.9. The maximum atomic E-state index is 12.0. The van der Waals surface area contributed by atoms with E-state index >= 15 is 0 Å². The van der Waals surface area contributed by atoms with Crippen LogP contribution in [0.2, 0.25) is 0 Å². The predicted octanol–water partition coefficient (Wildman–Crippen LogP) is 1.58. The number of carbonyl (C=O) groups excluding carboxylic acids is 1. The molecule has 5 nitrogen and oxygen atoms in total. The summed E-state index contributed by atoms with van der Waals surface area (Å²) in [6.07, 6.45) is 1.76. The number of carbonyl (C=O) groups is 1. The van der Waals surface area contributed by atoms with Crippen molar-refractivity contribution in [3.05, 3.63) is 18.2 Å². The standard InChI is InChI=1S/C15H23N3O2/c1-17(2)15(19)11-6-8-18(9-7-11)13-5-4-12(16)10-14(13)20-3/h4-5,10-11H,6-9,16H2,1-3H3. The van der Waals surface area contributed by atoms with E-state index in [1.807, 2.05) is 32.3 Å². The lowest BCUT2D eigenvalue weighted by atomic mass is 9.95. The fourth-order valence-electron chi connectivity index (χ4n) is 2.69. The number of nitrogens with two attached hydrogens (primary N) is 1. The van der Waals surface area contributed by atoms with Crippen LogP contribution in [-0.4, -0.2) is 45.1 Å². The maximum Gasteiger partial charge on any atom is 0.225 e. The predicted molar refractivity (Wildman–Crippen MR) is 81.0 cm³/mol. The molecule has 0 saturated carbocycles. The molecule has 0 aromatic heterocycles. The number of hydrogen-bond acceptors (Lipinski definition) is 4. The van der Waals surface area contributed by atoms with Gasteiger partial charge in [-0.15, -0.1) is 0 Å². The van der Waals surface area contributed by atoms with Crippen molar-refractivity contribution in [3.63, 3.8) is 0 Å². The summed E-state index contributed by atoms with van der Waals surface area (Å²) in [5, 5.41) is 0. The third kappa shape index (κ3) is 2.98. The zero-order chi connectivity index (χ0) is 14.7. The third-order valence-corrected chi connectivity index (χ3v) is 3.83. The number of rotatable bonds is 3. The number of hydrogen-bond donors (Lipinski definition) is 1. The van der Waals surface area contributed by atoms with Crippen molar-refractivity contribution in [2.75, 3.05) is 44.9 Å². The Bertz CT molecular complexity index is 480. The smallest absolute Gasteiger partial charge is 0.225 e. The lowest BCUT2D eigenvalue weighted by molar-refractivity contribution is -0.133. The minimum Gasteiger partial charge on any atom is -0.495 e. The Morgan fingerprint density at radius 1 is 1.35 bits per heavy atom. The SMILES string of the molecule is COc1cc(N)ccc1N1CCC(C(=O)N(C)C)CC1. The van der Waals surface area contributed by atoms with Crippen LogP contribution in [0.4, 0.5) is 11.4 Å². The number of benzene rings is 1. The topological polar surface area (TPSA) is 58.8 Å². The summed E-state index contributed by atoms with van der Waals surface area (Å²) in [5.74, 6) is 1.16. The van der Waals surface area contributed by atoms with Crippen LogP contribution in [0.1, 0.15) is 12.8 Å². The number of ether oxygens (including phenoxy) is 1. The largest absolute Gasteiger partial charge is 0.495 e. The summed E-state index contributed by atoms with van der Waals surface area (Å²) in [6.45, 7) is 1.73. The molecule has 1 fully saturated rings. The van der Waals surface area contributed by atoms with Crippen molar-refractivity contribution in [3.8, 4) is 5.75 Å². The van der Waals surface area contributed by atoms with Crippen LogP contribution in [-0.2, 0) is 4.79 Å². The Labute approximate surface area is 120 Å². The minimum absolute atomic E-state index is 0.140. The van der Waals surface area contributed by atoms with Gasteiger partial charge in [0.2, 0.25) is 5.91 Å². The van der Waals surface area contributed by atoms with E-state index in [2.05, 4.69) is 4.90 Å². The molecule has 20 heavy (non-hydrogen) atoms. The second-order valence-corrected chi connectivity index (χ2v) is 5.43. The molecule has 2 rings (SSSR count). The van der Waals surface area contributed by atoms with E-state index in [-0.39, 0.29) is 11.8 Å². The lowest BCUT2D eigenvalue weighted by Crippen LogP contribution is -2.40. The molecule has 1 saturated heterocycles. The van der Waals surface area contributed by atoms with E-state index in [1.165, 1.54) is 0 Å². The monoisotopic (exact) mass is 277 g/mol. The van der Waals surface area contributed by atoms with Gasteiger partial charge in [0, 0.05) is 44.9 Å². The first-order valence-electron chi connectivity index (χ1n) is 6.92. The molecule has 0 bridgehead atoms. The van der Waals surface area contributed by atoms with Gasteiger partial charge in [-0.3, -0.25) is 4.79 Å². The zero-order valence-corrected chi connectivity index (χ0v) is 12.4. The van der Waals surface area contributed by atoms with Gasteiger partial charge < -0.3 is 20.3 Å². The molecule has 110 valence electrons. The number of piperidine rings is 1. The second kappa shape index (κ2) is 6.03. The third-order valence-electron chi connectivity index (χ3n) is 3.83. The number of nitrogens with zero attached hydrogens (tertiary/aromatic N) is 2. The molecule has 1 aliphatic heterocycles. The van der Waals surface area contributed by atoms with Gasteiger partial charge >= 0.3 is 0 Å². The molecule has 1 aliphatic rings. The zero-order valence-electron chi connectivity index (χ0n) is 12.4. The van der Waals surface area contributed by atoms with Gasteiger partial charge in [0.15, 0.2) is 0 Å². The van der Waals surface area contributed by atoms with Gasteiger partial charge in [-0.25, -0.2) is 0 Å². The summed E-state index contributed by atoms with van der Waals surface area (Å²) in [6, 6.07) is 5.71. The molecule has 1 amide bonds. The molecule has 2 N–H and O–H groups in total. The molecular formula is C15H23N3O2. The van der Waals surface area contributed by atoms with E-state index < -0.39 is 0 Å². The number of amides is 1. The fourth-order valence-corrected chi connectivity index (χ4v) is 2.69. The van der Waals surface area contributed by atoms with Gasteiger partial charge in [-0.2, -0.15) is 0 Å². The van der Waals surface area contributed by atoms with Crippen molar-refractivity contribution < 1.29 is 9.53 Å². The van der Waals surface area contributed by atoms with Gasteiger partial charge in [-0.05, 0) is 25.0 Å². The van der Waals surface area contributed by atoms with Gasteiger partial charge in [0.25, 0.3) is 0 Å². The normalized spacial score (nSPS) is 16.1. The molecule has 0 atom stereocenters. The number of nitrogen functional groups attached to an aromatic ring is 1. The van der Waals surface area contributed by atoms with Crippen molar-refractivity contribution >= 4 is 17.3 Å². The van der Waals surface area contributed by atoms with E-state index in [1.54, 1.807) is 12.0 Å². The quantitative estimate of drug-likeness (QED) is 0.852. The molecule has 0 aliphatic carbocycles. The molecule has 1 aromatic rings. The maximum absolute atomic E-state index is 12.0. The Morgan fingerprint density at radius 3 is 2.55 bits per heavy atom. The van der Waals surface area contributed by atoms with Crippen LogP contribution in [0.5, 0.6) is 5.75 Å². The highest BCUT2D eigenvalue weighted by Crippen LogP contribution is 2.33. The molecule has 0 radical (unpaired) electrons. The summed E-state index contributed by atoms with van der Waals surface area (Å²) in [5.41, 5.74) is 7.53. The molecule has 0 spiro atoms. The summed E-state index contributed by atoms with van der Waals surface area (Å²) >= 11 is 0. The van der Waals surface area contributed by atoms with Gasteiger partial charge in [0.1, 0.15) is 5.75 Å². The lowest BCUT2D eigenvalue weighted by Gasteiger charge is -2.34. The average molecular weight is 277 g/mol. The van der Waals surface area contributed by atoms with Crippen molar-refractivity contribution in [2.24, 2.45) is 5.92 Å². The van der Waals surface area contributed by atoms with E-state index in [4.69, 9.17) is 10.5 Å². The summed E-state index contributed by atoms with van der Waals surface area (Å²) < 4.78 is 5.40. The highest BCUT2D eigenvalue weighted by molar-refractivity contribution is 5.78. The van der Waals surface area contributed by atoms with Crippen molar-refractivity contribution in [2.45, 2.75) is 12.8 Å². The Kier molecular flexibility index (Phi) is 4.37. The van der Waals surface area contributed by atoms with Crippen LogP contribution in [0.15, 0.2) is 18.2 Å². The van der Waals surface area contributed by atoms with Crippen LogP contribution >= 0.6 is 0 Å². The van der Waals surface area contributed by atoms with Crippen molar-refractivity contribution in [1.29, 1.82) is 0 Å². The first-order valence-corrected chi connectivity index (χ1v) is 6.92. The highest BCUT2D eigenvalue weighted by Gasteiger charge is 2.27. The molecule has 5 heteroatoms. The Balaban J connectivity index is 2.06. The average Bonchev–Trinajstić information content (AvgIpc) is 2.46. The summed E-state index contributed by atoms with van der Waals surface area (Å²) in [7, 11) is 5.29. The van der Waals surface area contributed by atoms with Crippen LogP contribution in [0.25, 0.3) is 0 Å². The number of methoxy groups -OCH3 is 1. The molecular weight excluding hydrogens is 254 g/mol. The molecule has 0 unspecified atom stereocenters.